The van der Waals surface area contributed by atoms with Gasteiger partial charge in [0.25, 0.3) is 0 Å². The van der Waals surface area contributed by atoms with Crippen LogP contribution in [0.2, 0.25) is 0 Å². The van der Waals surface area contributed by atoms with E-state index in [-0.39, 0.29) is 7.92 Å². The van der Waals surface area contributed by atoms with Crippen LogP contribution in [0.25, 0.3) is 0 Å². The average molecular weight is 367 g/mol. The molecule has 138 valence electrons. The zero-order valence-electron chi connectivity index (χ0n) is 16.5. The van der Waals surface area contributed by atoms with E-state index in [9.17, 15) is 0 Å². The van der Waals surface area contributed by atoms with Crippen molar-refractivity contribution in [1.82, 2.24) is 4.90 Å². The highest BCUT2D eigenvalue weighted by Gasteiger charge is 2.32. The van der Waals surface area contributed by atoms with E-state index in [1.165, 1.54) is 16.8 Å². The fraction of sp³-hybridized carbons (Fsp3) is 0.435. The molecule has 1 aliphatic rings. The maximum atomic E-state index is 2.60. The molecular weight excluding hydrogens is 335 g/mol. The van der Waals surface area contributed by atoms with Gasteiger partial charge < -0.3 is 0 Å². The summed E-state index contributed by atoms with van der Waals surface area (Å²) in [6.07, 6.45) is 3.60. The SMILES string of the molecule is CC(C)[C@@H](CP(c1ccccc1)c1ccccc1)[N+]1=CN(C(C)C)CC1. The predicted molar refractivity (Wildman–Crippen MR) is 116 cm³/mol. The Kier molecular flexibility index (Phi) is 6.48. The zero-order chi connectivity index (χ0) is 18.5. The molecule has 0 spiro atoms. The van der Waals surface area contributed by atoms with E-state index in [0.717, 1.165) is 13.1 Å². The summed E-state index contributed by atoms with van der Waals surface area (Å²) in [6, 6.07) is 23.4. The van der Waals surface area contributed by atoms with Gasteiger partial charge in [-0.05, 0) is 38.3 Å². The third kappa shape index (κ3) is 4.54. The van der Waals surface area contributed by atoms with Gasteiger partial charge in [-0.2, -0.15) is 0 Å². The van der Waals surface area contributed by atoms with Crippen molar-refractivity contribution in [2.24, 2.45) is 5.92 Å². The first-order valence-corrected chi connectivity index (χ1v) is 11.3. The molecule has 0 amide bonds. The molecule has 1 heterocycles. The van der Waals surface area contributed by atoms with Crippen molar-refractivity contribution in [3.8, 4) is 0 Å². The fourth-order valence-electron chi connectivity index (χ4n) is 3.64. The minimum atomic E-state index is -0.349. The molecule has 2 nitrogen and oxygen atoms in total. The molecule has 3 heteroatoms. The lowest BCUT2D eigenvalue weighted by Crippen LogP contribution is -2.36. The van der Waals surface area contributed by atoms with Gasteiger partial charge in [0.05, 0.1) is 6.04 Å². The molecule has 3 rings (SSSR count). The highest BCUT2D eigenvalue weighted by molar-refractivity contribution is 7.73. The summed E-state index contributed by atoms with van der Waals surface area (Å²) < 4.78 is 2.60. The molecule has 0 fully saturated rings. The number of nitrogens with zero attached hydrogens (tertiary/aromatic N) is 2. The molecule has 0 saturated heterocycles. The second-order valence-electron chi connectivity index (χ2n) is 7.78. The van der Waals surface area contributed by atoms with Crippen LogP contribution in [0.15, 0.2) is 60.7 Å². The topological polar surface area (TPSA) is 6.25 Å². The minimum Gasteiger partial charge on any atom is -0.262 e. The molecule has 2 aromatic carbocycles. The van der Waals surface area contributed by atoms with Gasteiger partial charge in [-0.3, -0.25) is 9.48 Å². The molecule has 1 aliphatic heterocycles. The van der Waals surface area contributed by atoms with E-state index in [0.29, 0.717) is 18.0 Å². The van der Waals surface area contributed by atoms with Crippen LogP contribution in [0.1, 0.15) is 27.7 Å². The second kappa shape index (κ2) is 8.82. The maximum absolute atomic E-state index is 2.60. The monoisotopic (exact) mass is 367 g/mol. The van der Waals surface area contributed by atoms with Gasteiger partial charge in [0, 0.05) is 6.16 Å². The quantitative estimate of drug-likeness (QED) is 0.531. The number of hydrogen-bond acceptors (Lipinski definition) is 1. The molecule has 0 saturated carbocycles. The van der Waals surface area contributed by atoms with Crippen molar-refractivity contribution in [1.29, 1.82) is 0 Å². The second-order valence-corrected chi connectivity index (χ2v) is 10.0. The Morgan fingerprint density at radius 3 is 1.85 bits per heavy atom. The zero-order valence-corrected chi connectivity index (χ0v) is 17.4. The molecule has 0 N–H and O–H groups in total. The summed E-state index contributed by atoms with van der Waals surface area (Å²) in [6.45, 7) is 11.6. The normalized spacial score (nSPS) is 15.8. The molecule has 0 aromatic heterocycles. The predicted octanol–water partition coefficient (Wildman–Crippen LogP) is 3.91. The van der Waals surface area contributed by atoms with Crippen LogP contribution in [0.3, 0.4) is 0 Å². The van der Waals surface area contributed by atoms with Gasteiger partial charge in [-0.25, -0.2) is 0 Å². The van der Waals surface area contributed by atoms with Crippen LogP contribution in [0.4, 0.5) is 0 Å². The van der Waals surface area contributed by atoms with Crippen molar-refractivity contribution in [2.75, 3.05) is 19.3 Å². The van der Waals surface area contributed by atoms with Crippen molar-refractivity contribution in [2.45, 2.75) is 39.8 Å². The number of benzene rings is 2. The van der Waals surface area contributed by atoms with Crippen molar-refractivity contribution < 1.29 is 4.58 Å². The van der Waals surface area contributed by atoms with Gasteiger partial charge >= 0.3 is 0 Å². The summed E-state index contributed by atoms with van der Waals surface area (Å²) in [5.74, 6) is 0.635. The summed E-state index contributed by atoms with van der Waals surface area (Å²) in [7, 11) is -0.349. The Morgan fingerprint density at radius 2 is 1.42 bits per heavy atom. The lowest BCUT2D eigenvalue weighted by Gasteiger charge is -2.27. The van der Waals surface area contributed by atoms with Crippen LogP contribution in [-0.2, 0) is 0 Å². The van der Waals surface area contributed by atoms with E-state index in [2.05, 4.69) is 104 Å². The molecule has 0 radical (unpaired) electrons. The maximum Gasteiger partial charge on any atom is 0.234 e. The molecule has 2 aromatic rings. The Morgan fingerprint density at radius 1 is 0.885 bits per heavy atom. The Balaban J connectivity index is 1.90. The highest BCUT2D eigenvalue weighted by Crippen LogP contribution is 2.36. The Labute approximate surface area is 160 Å². The molecule has 0 aliphatic carbocycles. The standard InChI is InChI=1S/C23H32N2P/c1-19(2)23(25-16-15-24(18-25)20(3)4)17-26(21-11-7-5-8-12-21)22-13-9-6-10-14-22/h5-14,18-20,23H,15-17H2,1-4H3/q+1/t23-/m1/s1. The van der Waals surface area contributed by atoms with Crippen LogP contribution >= 0.6 is 7.92 Å². The highest BCUT2D eigenvalue weighted by atomic mass is 31.1. The van der Waals surface area contributed by atoms with Gasteiger partial charge in [0.15, 0.2) is 0 Å². The van der Waals surface area contributed by atoms with E-state index < -0.39 is 0 Å². The van der Waals surface area contributed by atoms with Crippen LogP contribution in [-0.4, -0.2) is 47.1 Å². The lowest BCUT2D eigenvalue weighted by molar-refractivity contribution is -0.555. The summed E-state index contributed by atoms with van der Waals surface area (Å²) in [4.78, 5) is 2.47. The minimum absolute atomic E-state index is 0.349. The van der Waals surface area contributed by atoms with Crippen LogP contribution in [0.5, 0.6) is 0 Å². The van der Waals surface area contributed by atoms with Crippen molar-refractivity contribution in [3.63, 3.8) is 0 Å². The van der Waals surface area contributed by atoms with E-state index in [1.807, 2.05) is 0 Å². The third-order valence-corrected chi connectivity index (χ3v) is 7.86. The molecule has 0 bridgehead atoms. The average Bonchev–Trinajstić information content (AvgIpc) is 3.14. The Bertz CT molecular complexity index is 670. The first-order chi connectivity index (χ1) is 12.6. The molecular formula is C23H32N2P+. The largest absolute Gasteiger partial charge is 0.262 e. The number of hydrogen-bond donors (Lipinski definition) is 0. The van der Waals surface area contributed by atoms with Gasteiger partial charge in [0.2, 0.25) is 6.34 Å². The third-order valence-electron chi connectivity index (χ3n) is 5.28. The fourth-order valence-corrected chi connectivity index (χ4v) is 6.43. The number of rotatable bonds is 7. The molecule has 26 heavy (non-hydrogen) atoms. The first kappa shape index (κ1) is 19.1. The Hall–Kier alpha value is -1.66. The van der Waals surface area contributed by atoms with Gasteiger partial charge in [-0.1, -0.05) is 74.5 Å². The van der Waals surface area contributed by atoms with Crippen molar-refractivity contribution in [3.05, 3.63) is 60.7 Å². The summed E-state index contributed by atoms with van der Waals surface area (Å²) in [5, 5.41) is 2.97. The van der Waals surface area contributed by atoms with Gasteiger partial charge in [0.1, 0.15) is 19.1 Å². The van der Waals surface area contributed by atoms with E-state index >= 15 is 0 Å². The van der Waals surface area contributed by atoms with Gasteiger partial charge in [-0.15, -0.1) is 0 Å². The smallest absolute Gasteiger partial charge is 0.234 e. The van der Waals surface area contributed by atoms with E-state index in [1.54, 1.807) is 0 Å². The summed E-state index contributed by atoms with van der Waals surface area (Å²) in [5.41, 5.74) is 0. The molecule has 0 unspecified atom stereocenters. The van der Waals surface area contributed by atoms with Crippen LogP contribution < -0.4 is 10.6 Å². The van der Waals surface area contributed by atoms with E-state index in [4.69, 9.17) is 0 Å². The first-order valence-electron chi connectivity index (χ1n) is 9.80. The lowest BCUT2D eigenvalue weighted by atomic mass is 10.1. The van der Waals surface area contributed by atoms with Crippen LogP contribution in [0, 0.1) is 5.92 Å². The summed E-state index contributed by atoms with van der Waals surface area (Å²) >= 11 is 0. The molecule has 1 atom stereocenters. The van der Waals surface area contributed by atoms with Crippen molar-refractivity contribution >= 4 is 24.9 Å².